The normalized spacial score (nSPS) is 14.2. The Morgan fingerprint density at radius 1 is 1.36 bits per heavy atom. The Morgan fingerprint density at radius 3 is 2.71 bits per heavy atom. The average Bonchev–Trinajstić information content (AvgIpc) is 3.00. The molecule has 0 radical (unpaired) electrons. The lowest BCUT2D eigenvalue weighted by molar-refractivity contribution is 0.0238. The molecule has 3 rings (SSSR count). The highest BCUT2D eigenvalue weighted by Crippen LogP contribution is 2.20. The maximum atomic E-state index is 13.3. The molecule has 7 nitrogen and oxygen atoms in total. The molecule has 0 unspecified atom stereocenters. The van der Waals surface area contributed by atoms with E-state index in [-0.39, 0.29) is 12.1 Å². The van der Waals surface area contributed by atoms with Crippen molar-refractivity contribution in [2.45, 2.75) is 52.7 Å². The number of amides is 1. The van der Waals surface area contributed by atoms with Crippen LogP contribution in [0.15, 0.2) is 39.8 Å². The Kier molecular flexibility index (Phi) is 5.79. The van der Waals surface area contributed by atoms with Crippen molar-refractivity contribution < 1.29 is 9.53 Å². The molecule has 2 aromatic rings. The van der Waals surface area contributed by atoms with Crippen molar-refractivity contribution in [3.05, 3.63) is 51.1 Å². The third-order valence-electron chi connectivity index (χ3n) is 4.30. The quantitative estimate of drug-likeness (QED) is 0.702. The smallest absolute Gasteiger partial charge is 0.410 e. The molecule has 1 aliphatic carbocycles. The molecule has 1 amide bonds. The van der Waals surface area contributed by atoms with Gasteiger partial charge in [-0.05, 0) is 68.6 Å². The largest absolute Gasteiger partial charge is 0.444 e. The molecule has 150 valence electrons. The maximum absolute atomic E-state index is 13.3. The number of nitrogens with zero attached hydrogens (tertiary/aromatic N) is 4. The lowest BCUT2D eigenvalue weighted by atomic mass is 10.1. The van der Waals surface area contributed by atoms with Crippen molar-refractivity contribution >= 4 is 33.2 Å². The molecular formula is C20H25BrN4O3. The highest BCUT2D eigenvalue weighted by Gasteiger charge is 2.24. The van der Waals surface area contributed by atoms with Crippen LogP contribution in [0.25, 0.3) is 11.2 Å². The minimum Gasteiger partial charge on any atom is -0.444 e. The summed E-state index contributed by atoms with van der Waals surface area (Å²) in [5.74, 6) is 0.478. The van der Waals surface area contributed by atoms with Crippen LogP contribution in [0, 0.1) is 0 Å². The van der Waals surface area contributed by atoms with Crippen LogP contribution in [0.2, 0.25) is 0 Å². The van der Waals surface area contributed by atoms with Crippen molar-refractivity contribution in [2.24, 2.45) is 0 Å². The summed E-state index contributed by atoms with van der Waals surface area (Å²) < 4.78 is 9.32. The Labute approximate surface area is 172 Å². The van der Waals surface area contributed by atoms with Crippen LogP contribution in [0.3, 0.4) is 0 Å². The number of aromatic nitrogens is 3. The lowest BCUT2D eigenvalue weighted by Gasteiger charge is -2.27. The van der Waals surface area contributed by atoms with Gasteiger partial charge in [0, 0.05) is 18.4 Å². The van der Waals surface area contributed by atoms with Gasteiger partial charge in [0.2, 0.25) is 0 Å². The van der Waals surface area contributed by atoms with E-state index >= 15 is 0 Å². The second kappa shape index (κ2) is 7.95. The summed E-state index contributed by atoms with van der Waals surface area (Å²) in [7, 11) is 0. The molecule has 0 aromatic carbocycles. The van der Waals surface area contributed by atoms with Crippen LogP contribution in [-0.2, 0) is 11.3 Å². The summed E-state index contributed by atoms with van der Waals surface area (Å²) >= 11 is 3.43. The van der Waals surface area contributed by atoms with E-state index in [1.807, 2.05) is 45.9 Å². The highest BCUT2D eigenvalue weighted by molar-refractivity contribution is 9.10. The average molecular weight is 449 g/mol. The molecule has 28 heavy (non-hydrogen) atoms. The number of hydrogen-bond acceptors (Lipinski definition) is 4. The first-order valence-electron chi connectivity index (χ1n) is 9.35. The molecule has 8 heteroatoms. The molecule has 1 aliphatic rings. The summed E-state index contributed by atoms with van der Waals surface area (Å²) in [5.41, 5.74) is 0.458. The number of ether oxygens (including phenoxy) is 1. The van der Waals surface area contributed by atoms with Gasteiger partial charge >= 0.3 is 6.09 Å². The molecule has 2 aromatic heterocycles. The van der Waals surface area contributed by atoms with Crippen LogP contribution in [0.1, 0.15) is 46.4 Å². The van der Waals surface area contributed by atoms with Crippen LogP contribution in [0.5, 0.6) is 0 Å². The first kappa shape index (κ1) is 20.4. The summed E-state index contributed by atoms with van der Waals surface area (Å²) in [6.45, 7) is 7.96. The van der Waals surface area contributed by atoms with Gasteiger partial charge in [-0.3, -0.25) is 9.36 Å². The van der Waals surface area contributed by atoms with Crippen LogP contribution >= 0.6 is 15.9 Å². The fourth-order valence-corrected chi connectivity index (χ4v) is 3.48. The maximum Gasteiger partial charge on any atom is 0.410 e. The van der Waals surface area contributed by atoms with E-state index in [1.54, 1.807) is 26.2 Å². The van der Waals surface area contributed by atoms with Gasteiger partial charge in [-0.25, -0.2) is 9.31 Å². The topological polar surface area (TPSA) is 68.8 Å². The number of carbonyl (C=O) groups is 1. The highest BCUT2D eigenvalue weighted by atomic mass is 79.9. The third-order valence-corrected chi connectivity index (χ3v) is 4.94. The number of rotatable bonds is 4. The standard InChI is InChI=1S/C20H25BrN4O3/c1-5-23(19(27)28-20(2,3)4)13-16-22-24-12-11-15(21)17(24)18(26)25(16)14-9-7-6-8-10-14/h7,9-12H,5-6,8,13H2,1-4H3. The van der Waals surface area contributed by atoms with Gasteiger partial charge in [0.1, 0.15) is 11.1 Å². The zero-order chi connectivity index (χ0) is 20.5. The van der Waals surface area contributed by atoms with E-state index in [9.17, 15) is 9.59 Å². The molecule has 0 atom stereocenters. The minimum atomic E-state index is -0.596. The molecule has 0 saturated carbocycles. The number of hydrogen-bond donors (Lipinski definition) is 0. The van der Waals surface area contributed by atoms with E-state index in [1.165, 1.54) is 0 Å². The first-order chi connectivity index (χ1) is 13.2. The predicted molar refractivity (Wildman–Crippen MR) is 112 cm³/mol. The van der Waals surface area contributed by atoms with E-state index in [4.69, 9.17) is 4.74 Å². The fraction of sp³-hybridized carbons (Fsp3) is 0.450. The molecule has 0 saturated heterocycles. The first-order valence-corrected chi connectivity index (χ1v) is 10.1. The van der Waals surface area contributed by atoms with Gasteiger partial charge in [0.05, 0.1) is 11.0 Å². The number of carbonyl (C=O) groups excluding carboxylic acids is 1. The van der Waals surface area contributed by atoms with E-state index in [0.717, 1.165) is 18.5 Å². The summed E-state index contributed by atoms with van der Waals surface area (Å²) in [4.78, 5) is 27.4. The summed E-state index contributed by atoms with van der Waals surface area (Å²) in [6, 6.07) is 1.79. The molecular weight excluding hydrogens is 424 g/mol. The van der Waals surface area contributed by atoms with E-state index in [2.05, 4.69) is 21.0 Å². The molecule has 0 bridgehead atoms. The zero-order valence-electron chi connectivity index (χ0n) is 16.6. The van der Waals surface area contributed by atoms with Gasteiger partial charge in [-0.15, -0.1) is 0 Å². The van der Waals surface area contributed by atoms with Crippen molar-refractivity contribution in [1.82, 2.24) is 19.1 Å². The second-order valence-corrected chi connectivity index (χ2v) is 8.47. The van der Waals surface area contributed by atoms with Gasteiger partial charge in [-0.2, -0.15) is 5.10 Å². The summed E-state index contributed by atoms with van der Waals surface area (Å²) in [5, 5.41) is 4.62. The molecule has 0 spiro atoms. The Balaban J connectivity index is 2.08. The van der Waals surface area contributed by atoms with Gasteiger partial charge in [-0.1, -0.05) is 12.2 Å². The Hall–Kier alpha value is -2.35. The van der Waals surface area contributed by atoms with E-state index < -0.39 is 11.7 Å². The minimum absolute atomic E-state index is 0.164. The number of fused-ring (bicyclic) bond motifs is 1. The molecule has 0 aliphatic heterocycles. The van der Waals surface area contributed by atoms with Gasteiger partial charge < -0.3 is 9.64 Å². The van der Waals surface area contributed by atoms with Crippen molar-refractivity contribution in [2.75, 3.05) is 6.54 Å². The lowest BCUT2D eigenvalue weighted by Crippen LogP contribution is -2.38. The third kappa shape index (κ3) is 4.22. The summed E-state index contributed by atoms with van der Waals surface area (Å²) in [6.07, 6.45) is 9.07. The zero-order valence-corrected chi connectivity index (χ0v) is 18.2. The van der Waals surface area contributed by atoms with Crippen molar-refractivity contribution in [3.8, 4) is 0 Å². The van der Waals surface area contributed by atoms with Crippen LogP contribution in [-0.4, -0.2) is 37.3 Å². The molecule has 0 N–H and O–H groups in total. The predicted octanol–water partition coefficient (Wildman–Crippen LogP) is 4.21. The molecule has 2 heterocycles. The van der Waals surface area contributed by atoms with Gasteiger partial charge in [0.25, 0.3) is 5.56 Å². The Morgan fingerprint density at radius 2 is 2.11 bits per heavy atom. The molecule has 0 fully saturated rings. The SMILES string of the molecule is CCN(Cc1nn2ccc(Br)c2c(=O)n1C1=CCCC=C1)C(=O)OC(C)(C)C. The van der Waals surface area contributed by atoms with Gasteiger partial charge in [0.15, 0.2) is 5.82 Å². The Bertz CT molecular complexity index is 1010. The van der Waals surface area contributed by atoms with E-state index in [0.29, 0.717) is 22.4 Å². The monoisotopic (exact) mass is 448 g/mol. The number of allylic oxidation sites excluding steroid dienone is 4. The number of halogens is 1. The van der Waals surface area contributed by atoms with Crippen LogP contribution < -0.4 is 5.56 Å². The second-order valence-electron chi connectivity index (χ2n) is 7.62. The van der Waals surface area contributed by atoms with Crippen molar-refractivity contribution in [1.29, 1.82) is 0 Å². The van der Waals surface area contributed by atoms with Crippen LogP contribution in [0.4, 0.5) is 4.79 Å². The fourth-order valence-electron chi connectivity index (χ4n) is 3.01. The van der Waals surface area contributed by atoms with Crippen molar-refractivity contribution in [3.63, 3.8) is 0 Å².